The molecule has 0 aliphatic carbocycles. The van der Waals surface area contributed by atoms with Crippen molar-refractivity contribution in [2.75, 3.05) is 7.05 Å². The predicted octanol–water partition coefficient (Wildman–Crippen LogP) is 3.78. The number of rotatable bonds is 4. The molecule has 0 aromatic heterocycles. The van der Waals surface area contributed by atoms with Crippen LogP contribution < -0.4 is 0 Å². The Morgan fingerprint density at radius 1 is 1.29 bits per heavy atom. The minimum atomic E-state index is 0.174. The summed E-state index contributed by atoms with van der Waals surface area (Å²) in [6.07, 6.45) is 1.14. The number of ether oxygens (including phenoxy) is 1. The van der Waals surface area contributed by atoms with E-state index in [1.54, 1.807) is 0 Å². The summed E-state index contributed by atoms with van der Waals surface area (Å²) in [7, 11) is 1.97. The molecule has 0 radical (unpaired) electrons. The van der Waals surface area contributed by atoms with E-state index in [1.807, 2.05) is 37.1 Å². The van der Waals surface area contributed by atoms with E-state index in [-0.39, 0.29) is 12.1 Å². The quantitative estimate of drug-likeness (QED) is 0.756. The average molecular weight is 251 g/mol. The maximum absolute atomic E-state index is 5.66. The maximum Gasteiger partial charge on any atom is 0.259 e. The molecule has 94 valence electrons. The monoisotopic (exact) mass is 251 g/mol. The molecule has 17 heavy (non-hydrogen) atoms. The normalized spacial score (nSPS) is 13.9. The van der Waals surface area contributed by atoms with Crippen molar-refractivity contribution in [2.45, 2.75) is 39.3 Å². The van der Waals surface area contributed by atoms with Crippen LogP contribution in [0.4, 0.5) is 0 Å². The highest BCUT2D eigenvalue weighted by atomic mass is 32.1. The van der Waals surface area contributed by atoms with Crippen LogP contribution in [-0.4, -0.2) is 23.2 Å². The fourth-order valence-electron chi connectivity index (χ4n) is 1.45. The van der Waals surface area contributed by atoms with E-state index in [0.29, 0.717) is 5.17 Å². The van der Waals surface area contributed by atoms with E-state index < -0.39 is 0 Å². The summed E-state index contributed by atoms with van der Waals surface area (Å²) < 4.78 is 5.66. The van der Waals surface area contributed by atoms with E-state index >= 15 is 0 Å². The molecule has 0 aliphatic rings. The van der Waals surface area contributed by atoms with Gasteiger partial charge in [0, 0.05) is 7.05 Å². The average Bonchev–Trinajstić information content (AvgIpc) is 2.37. The van der Waals surface area contributed by atoms with Gasteiger partial charge < -0.3 is 9.64 Å². The van der Waals surface area contributed by atoms with E-state index in [2.05, 4.69) is 26.0 Å². The molecule has 0 saturated carbocycles. The number of thiocarbonyl (C=S) groups is 1. The summed E-state index contributed by atoms with van der Waals surface area (Å²) in [6.45, 7) is 6.25. The summed E-state index contributed by atoms with van der Waals surface area (Å²) in [5.41, 5.74) is 1.24. The minimum Gasteiger partial charge on any atom is -0.468 e. The molecule has 0 spiro atoms. The summed E-state index contributed by atoms with van der Waals surface area (Å²) in [5, 5.41) is 0.565. The van der Waals surface area contributed by atoms with Gasteiger partial charge in [0.15, 0.2) is 0 Å². The number of benzene rings is 1. The smallest absolute Gasteiger partial charge is 0.259 e. The lowest BCUT2D eigenvalue weighted by Crippen LogP contribution is -2.32. The third kappa shape index (κ3) is 4.00. The second-order valence-corrected chi connectivity index (χ2v) is 4.65. The molecule has 0 fully saturated rings. The van der Waals surface area contributed by atoms with E-state index in [1.165, 1.54) is 5.56 Å². The van der Waals surface area contributed by atoms with Crippen molar-refractivity contribution in [3.05, 3.63) is 35.9 Å². The Labute approximate surface area is 110 Å². The molecule has 0 bridgehead atoms. The zero-order valence-corrected chi connectivity index (χ0v) is 11.8. The lowest BCUT2D eigenvalue weighted by Gasteiger charge is -2.28. The van der Waals surface area contributed by atoms with Gasteiger partial charge in [0.1, 0.15) is 0 Å². The standard InChI is InChI=1S/C14H21NOS/c1-5-11(2)16-14(17)15(4)12(3)13-9-7-6-8-10-13/h6-12H,5H2,1-4H3. The molecule has 1 aromatic carbocycles. The van der Waals surface area contributed by atoms with Crippen LogP contribution in [0.3, 0.4) is 0 Å². The van der Waals surface area contributed by atoms with Crippen LogP contribution in [0.5, 0.6) is 0 Å². The molecule has 1 rings (SSSR count). The van der Waals surface area contributed by atoms with Gasteiger partial charge in [0.05, 0.1) is 12.1 Å². The SMILES string of the molecule is CCC(C)OC(=S)N(C)C(C)c1ccccc1. The van der Waals surface area contributed by atoms with Gasteiger partial charge >= 0.3 is 0 Å². The Hall–Kier alpha value is -1.09. The van der Waals surface area contributed by atoms with Crippen molar-refractivity contribution in [3.8, 4) is 0 Å². The Morgan fingerprint density at radius 2 is 1.88 bits per heavy atom. The molecule has 0 aliphatic heterocycles. The molecule has 1 aromatic rings. The lowest BCUT2D eigenvalue weighted by molar-refractivity contribution is 0.165. The van der Waals surface area contributed by atoms with Gasteiger partial charge in [-0.25, -0.2) is 0 Å². The van der Waals surface area contributed by atoms with Crippen LogP contribution in [0, 0.1) is 0 Å². The van der Waals surface area contributed by atoms with Gasteiger partial charge in [-0.2, -0.15) is 0 Å². The van der Waals surface area contributed by atoms with Crippen molar-refractivity contribution < 1.29 is 4.74 Å². The largest absolute Gasteiger partial charge is 0.468 e. The van der Waals surface area contributed by atoms with Crippen molar-refractivity contribution in [1.82, 2.24) is 4.90 Å². The topological polar surface area (TPSA) is 12.5 Å². The minimum absolute atomic E-state index is 0.174. The molecule has 0 amide bonds. The molecule has 2 atom stereocenters. The van der Waals surface area contributed by atoms with E-state index in [4.69, 9.17) is 17.0 Å². The van der Waals surface area contributed by atoms with Gasteiger partial charge in [0.25, 0.3) is 5.17 Å². The first kappa shape index (κ1) is 14.0. The first-order valence-electron chi connectivity index (χ1n) is 6.04. The predicted molar refractivity (Wildman–Crippen MR) is 76.1 cm³/mol. The number of hydrogen-bond donors (Lipinski definition) is 0. The highest BCUT2D eigenvalue weighted by Crippen LogP contribution is 2.19. The molecule has 2 nitrogen and oxygen atoms in total. The third-order valence-electron chi connectivity index (χ3n) is 3.03. The Morgan fingerprint density at radius 3 is 2.41 bits per heavy atom. The van der Waals surface area contributed by atoms with Crippen molar-refractivity contribution in [1.29, 1.82) is 0 Å². The van der Waals surface area contributed by atoms with Crippen LogP contribution in [0.1, 0.15) is 38.8 Å². The molecule has 0 saturated heterocycles. The molecular weight excluding hydrogens is 230 g/mol. The second kappa shape index (κ2) is 6.60. The van der Waals surface area contributed by atoms with Crippen LogP contribution in [0.2, 0.25) is 0 Å². The highest BCUT2D eigenvalue weighted by Gasteiger charge is 2.16. The second-order valence-electron chi connectivity index (χ2n) is 4.30. The molecule has 0 N–H and O–H groups in total. The first-order valence-corrected chi connectivity index (χ1v) is 6.45. The molecule has 2 unspecified atom stereocenters. The summed E-state index contributed by atoms with van der Waals surface area (Å²) in [5.74, 6) is 0. The summed E-state index contributed by atoms with van der Waals surface area (Å²) >= 11 is 5.30. The van der Waals surface area contributed by atoms with Crippen molar-refractivity contribution in [3.63, 3.8) is 0 Å². The fraction of sp³-hybridized carbons (Fsp3) is 0.500. The molecule has 3 heteroatoms. The van der Waals surface area contributed by atoms with Gasteiger partial charge in [-0.1, -0.05) is 37.3 Å². The zero-order valence-electron chi connectivity index (χ0n) is 11.0. The van der Waals surface area contributed by atoms with Crippen LogP contribution in [-0.2, 0) is 4.74 Å². The van der Waals surface area contributed by atoms with Crippen LogP contribution in [0.15, 0.2) is 30.3 Å². The zero-order chi connectivity index (χ0) is 12.8. The molecule has 0 heterocycles. The van der Waals surface area contributed by atoms with Gasteiger partial charge in [0.2, 0.25) is 0 Å². The lowest BCUT2D eigenvalue weighted by atomic mass is 10.1. The first-order chi connectivity index (χ1) is 8.06. The number of hydrogen-bond acceptors (Lipinski definition) is 2. The third-order valence-corrected chi connectivity index (χ3v) is 3.41. The Kier molecular flexibility index (Phi) is 5.42. The maximum atomic E-state index is 5.66. The Balaban J connectivity index is 2.63. The number of nitrogens with zero attached hydrogens (tertiary/aromatic N) is 1. The van der Waals surface area contributed by atoms with Gasteiger partial charge in [-0.3, -0.25) is 0 Å². The van der Waals surface area contributed by atoms with Crippen molar-refractivity contribution in [2.24, 2.45) is 0 Å². The summed E-state index contributed by atoms with van der Waals surface area (Å²) in [6, 6.07) is 10.5. The van der Waals surface area contributed by atoms with Crippen molar-refractivity contribution >= 4 is 17.4 Å². The fourth-order valence-corrected chi connectivity index (χ4v) is 1.77. The Bertz CT molecular complexity index is 352. The van der Waals surface area contributed by atoms with Crippen LogP contribution in [0.25, 0.3) is 0 Å². The van der Waals surface area contributed by atoms with Crippen LogP contribution >= 0.6 is 12.2 Å². The highest BCUT2D eigenvalue weighted by molar-refractivity contribution is 7.80. The van der Waals surface area contributed by atoms with Gasteiger partial charge in [-0.15, -0.1) is 0 Å². The molecular formula is C14H21NOS. The van der Waals surface area contributed by atoms with E-state index in [0.717, 1.165) is 6.42 Å². The van der Waals surface area contributed by atoms with Gasteiger partial charge in [-0.05, 0) is 38.0 Å². The van der Waals surface area contributed by atoms with E-state index in [9.17, 15) is 0 Å². The summed E-state index contributed by atoms with van der Waals surface area (Å²) in [4.78, 5) is 2.00.